The number of rotatable bonds is 2. The normalized spacial score (nSPS) is 16.9. The van der Waals surface area contributed by atoms with Gasteiger partial charge in [-0.15, -0.1) is 0 Å². The quantitative estimate of drug-likeness (QED) is 0.836. The zero-order valence-electron chi connectivity index (χ0n) is 12.0. The lowest BCUT2D eigenvalue weighted by Gasteiger charge is -2.15. The van der Waals surface area contributed by atoms with Gasteiger partial charge in [0.25, 0.3) is 5.89 Å². The van der Waals surface area contributed by atoms with Crippen LogP contribution >= 0.6 is 0 Å². The van der Waals surface area contributed by atoms with Crippen molar-refractivity contribution in [1.29, 1.82) is 5.26 Å². The summed E-state index contributed by atoms with van der Waals surface area (Å²) in [6.07, 6.45) is 10.2. The first-order chi connectivity index (χ1) is 10.4. The molecule has 0 spiro atoms. The average molecular weight is 282 g/mol. The number of aromatic nitrogens is 3. The molecule has 2 aromatic rings. The molecule has 0 aliphatic heterocycles. The Morgan fingerprint density at radius 2 is 1.86 bits per heavy atom. The standard InChI is InChI=1S/C16H18N4O/c17-10-12-8-9-14(18-11-12)16-19-15(20-21-16)13-6-4-2-1-3-5-7-13/h8-9,11,13H,1-7H2. The van der Waals surface area contributed by atoms with Crippen molar-refractivity contribution >= 4 is 0 Å². The Morgan fingerprint density at radius 3 is 2.52 bits per heavy atom. The van der Waals surface area contributed by atoms with E-state index in [9.17, 15) is 0 Å². The molecular formula is C16H18N4O. The third kappa shape index (κ3) is 3.27. The summed E-state index contributed by atoms with van der Waals surface area (Å²) in [4.78, 5) is 8.70. The van der Waals surface area contributed by atoms with Gasteiger partial charge in [0.15, 0.2) is 5.82 Å². The van der Waals surface area contributed by atoms with Crippen LogP contribution in [0.15, 0.2) is 22.9 Å². The molecule has 108 valence electrons. The Balaban J connectivity index is 1.76. The second-order valence-corrected chi connectivity index (χ2v) is 5.54. The van der Waals surface area contributed by atoms with E-state index in [1.165, 1.54) is 38.3 Å². The van der Waals surface area contributed by atoms with Gasteiger partial charge in [-0.2, -0.15) is 10.2 Å². The van der Waals surface area contributed by atoms with Crippen LogP contribution in [0.4, 0.5) is 0 Å². The maximum atomic E-state index is 8.78. The van der Waals surface area contributed by atoms with Crippen LogP contribution < -0.4 is 0 Å². The summed E-state index contributed by atoms with van der Waals surface area (Å²) in [5.74, 6) is 1.65. The van der Waals surface area contributed by atoms with E-state index in [1.54, 1.807) is 12.1 Å². The topological polar surface area (TPSA) is 75.6 Å². The highest BCUT2D eigenvalue weighted by Gasteiger charge is 2.20. The molecule has 2 aromatic heterocycles. The zero-order valence-corrected chi connectivity index (χ0v) is 12.0. The first-order valence-electron chi connectivity index (χ1n) is 7.57. The zero-order chi connectivity index (χ0) is 14.5. The van der Waals surface area contributed by atoms with Crippen LogP contribution in [0.3, 0.4) is 0 Å². The highest BCUT2D eigenvalue weighted by Crippen LogP contribution is 2.30. The van der Waals surface area contributed by atoms with Crippen molar-refractivity contribution in [3.05, 3.63) is 29.7 Å². The molecule has 1 aliphatic rings. The third-order valence-electron chi connectivity index (χ3n) is 4.02. The van der Waals surface area contributed by atoms with Gasteiger partial charge in [-0.05, 0) is 25.0 Å². The molecule has 0 unspecified atom stereocenters. The lowest BCUT2D eigenvalue weighted by molar-refractivity contribution is 0.392. The SMILES string of the molecule is N#Cc1ccc(-c2nc(C3CCCCCCC3)no2)nc1. The molecule has 0 bridgehead atoms. The fourth-order valence-corrected chi connectivity index (χ4v) is 2.81. The van der Waals surface area contributed by atoms with Crippen molar-refractivity contribution < 1.29 is 4.52 Å². The van der Waals surface area contributed by atoms with Gasteiger partial charge in [-0.25, -0.2) is 4.98 Å². The predicted molar refractivity (Wildman–Crippen MR) is 77.3 cm³/mol. The third-order valence-corrected chi connectivity index (χ3v) is 4.02. The summed E-state index contributed by atoms with van der Waals surface area (Å²) in [7, 11) is 0. The van der Waals surface area contributed by atoms with Crippen molar-refractivity contribution in [3.8, 4) is 17.7 Å². The van der Waals surface area contributed by atoms with Crippen LogP contribution in [-0.4, -0.2) is 15.1 Å². The molecule has 0 radical (unpaired) electrons. The minimum atomic E-state index is 0.404. The first-order valence-corrected chi connectivity index (χ1v) is 7.57. The lowest BCUT2D eigenvalue weighted by Crippen LogP contribution is -2.04. The Kier molecular flexibility index (Phi) is 4.25. The summed E-state index contributed by atoms with van der Waals surface area (Å²) >= 11 is 0. The summed E-state index contributed by atoms with van der Waals surface area (Å²) in [6.45, 7) is 0. The van der Waals surface area contributed by atoms with Crippen LogP contribution in [0, 0.1) is 11.3 Å². The molecule has 0 N–H and O–H groups in total. The molecule has 3 rings (SSSR count). The monoisotopic (exact) mass is 282 g/mol. The van der Waals surface area contributed by atoms with E-state index in [2.05, 4.69) is 15.1 Å². The molecule has 2 heterocycles. The van der Waals surface area contributed by atoms with Crippen LogP contribution in [0.25, 0.3) is 11.6 Å². The summed E-state index contributed by atoms with van der Waals surface area (Å²) < 4.78 is 5.34. The summed E-state index contributed by atoms with van der Waals surface area (Å²) in [6, 6.07) is 5.50. The molecule has 5 nitrogen and oxygen atoms in total. The molecule has 0 atom stereocenters. The van der Waals surface area contributed by atoms with E-state index in [1.807, 2.05) is 6.07 Å². The predicted octanol–water partition coefficient (Wildman–Crippen LogP) is 3.83. The fraction of sp³-hybridized carbons (Fsp3) is 0.500. The average Bonchev–Trinajstić information content (AvgIpc) is 2.97. The Labute approximate surface area is 124 Å². The van der Waals surface area contributed by atoms with Crippen molar-refractivity contribution in [2.24, 2.45) is 0 Å². The van der Waals surface area contributed by atoms with Gasteiger partial charge in [0.1, 0.15) is 11.8 Å². The van der Waals surface area contributed by atoms with Crippen molar-refractivity contribution in [2.45, 2.75) is 50.9 Å². The van der Waals surface area contributed by atoms with E-state index in [4.69, 9.17) is 9.78 Å². The Hall–Kier alpha value is -2.22. The number of pyridine rings is 1. The second-order valence-electron chi connectivity index (χ2n) is 5.54. The van der Waals surface area contributed by atoms with Gasteiger partial charge < -0.3 is 4.52 Å². The van der Waals surface area contributed by atoms with Gasteiger partial charge in [-0.1, -0.05) is 37.3 Å². The number of hydrogen-bond acceptors (Lipinski definition) is 5. The Bertz CT molecular complexity index is 618. The van der Waals surface area contributed by atoms with Crippen LogP contribution in [0.1, 0.15) is 62.3 Å². The van der Waals surface area contributed by atoms with E-state index in [0.717, 1.165) is 18.7 Å². The maximum absolute atomic E-state index is 8.78. The molecule has 0 amide bonds. The van der Waals surface area contributed by atoms with Crippen LogP contribution in [-0.2, 0) is 0 Å². The highest BCUT2D eigenvalue weighted by molar-refractivity contribution is 5.47. The summed E-state index contributed by atoms with van der Waals surface area (Å²) in [5.41, 5.74) is 1.15. The second kappa shape index (κ2) is 6.49. The van der Waals surface area contributed by atoms with E-state index in [-0.39, 0.29) is 0 Å². The molecule has 21 heavy (non-hydrogen) atoms. The largest absolute Gasteiger partial charge is 0.332 e. The molecule has 0 saturated heterocycles. The van der Waals surface area contributed by atoms with Crippen molar-refractivity contribution in [1.82, 2.24) is 15.1 Å². The van der Waals surface area contributed by atoms with E-state index < -0.39 is 0 Å². The van der Waals surface area contributed by atoms with Gasteiger partial charge in [0.2, 0.25) is 0 Å². The van der Waals surface area contributed by atoms with E-state index >= 15 is 0 Å². The number of nitriles is 1. The molecule has 0 aromatic carbocycles. The number of hydrogen-bond donors (Lipinski definition) is 0. The fourth-order valence-electron chi connectivity index (χ4n) is 2.81. The first kappa shape index (κ1) is 13.7. The molecular weight excluding hydrogens is 264 g/mol. The van der Waals surface area contributed by atoms with Gasteiger partial charge in [0, 0.05) is 12.1 Å². The van der Waals surface area contributed by atoms with E-state index in [0.29, 0.717) is 23.1 Å². The lowest BCUT2D eigenvalue weighted by atomic mass is 9.91. The minimum Gasteiger partial charge on any atom is -0.332 e. The highest BCUT2D eigenvalue weighted by atomic mass is 16.5. The Morgan fingerprint density at radius 1 is 1.10 bits per heavy atom. The molecule has 5 heteroatoms. The summed E-state index contributed by atoms with van der Waals surface area (Å²) in [5, 5.41) is 12.9. The maximum Gasteiger partial charge on any atom is 0.276 e. The number of nitrogens with zero attached hydrogens (tertiary/aromatic N) is 4. The van der Waals surface area contributed by atoms with Gasteiger partial charge in [0.05, 0.1) is 5.56 Å². The van der Waals surface area contributed by atoms with Gasteiger partial charge in [-0.3, -0.25) is 0 Å². The van der Waals surface area contributed by atoms with Crippen LogP contribution in [0.2, 0.25) is 0 Å². The smallest absolute Gasteiger partial charge is 0.276 e. The van der Waals surface area contributed by atoms with Crippen molar-refractivity contribution in [3.63, 3.8) is 0 Å². The van der Waals surface area contributed by atoms with Crippen LogP contribution in [0.5, 0.6) is 0 Å². The molecule has 1 saturated carbocycles. The molecule has 1 aliphatic carbocycles. The minimum absolute atomic E-state index is 0.404. The molecule has 1 fully saturated rings. The van der Waals surface area contributed by atoms with Crippen molar-refractivity contribution in [2.75, 3.05) is 0 Å². The van der Waals surface area contributed by atoms with Gasteiger partial charge >= 0.3 is 0 Å².